The molecule has 0 unspecified atom stereocenters. The number of anilines is 1. The molecule has 0 aromatic heterocycles. The Hall–Kier alpha value is -1.35. The molecule has 3 nitrogen and oxygen atoms in total. The first-order chi connectivity index (χ1) is 9.11. The standard InChI is InChI=1S/C16H24N2O/c1-12-5-4-6-15(11-12)18(3)16(19)13-7-9-14(17-2)10-8-13/h4-6,11,13-14,17H,7-10H2,1-3H3. The van der Waals surface area contributed by atoms with Crippen LogP contribution in [0.5, 0.6) is 0 Å². The third-order valence-corrected chi connectivity index (χ3v) is 4.20. The molecule has 1 aliphatic rings. The van der Waals surface area contributed by atoms with Crippen molar-refractivity contribution in [1.82, 2.24) is 5.32 Å². The topological polar surface area (TPSA) is 32.3 Å². The molecular formula is C16H24N2O. The maximum Gasteiger partial charge on any atom is 0.229 e. The molecule has 19 heavy (non-hydrogen) atoms. The van der Waals surface area contributed by atoms with E-state index in [4.69, 9.17) is 0 Å². The second-order valence-electron chi connectivity index (χ2n) is 5.57. The monoisotopic (exact) mass is 260 g/mol. The average molecular weight is 260 g/mol. The Morgan fingerprint density at radius 3 is 2.53 bits per heavy atom. The van der Waals surface area contributed by atoms with Crippen LogP contribution in [0.15, 0.2) is 24.3 Å². The second-order valence-corrected chi connectivity index (χ2v) is 5.57. The Bertz CT molecular complexity index is 436. The van der Waals surface area contributed by atoms with E-state index in [9.17, 15) is 4.79 Å². The van der Waals surface area contributed by atoms with Gasteiger partial charge in [-0.15, -0.1) is 0 Å². The quantitative estimate of drug-likeness (QED) is 0.906. The van der Waals surface area contributed by atoms with Crippen molar-refractivity contribution in [3.8, 4) is 0 Å². The van der Waals surface area contributed by atoms with Crippen LogP contribution in [0.2, 0.25) is 0 Å². The summed E-state index contributed by atoms with van der Waals surface area (Å²) in [4.78, 5) is 14.3. The molecule has 1 aliphatic carbocycles. The highest BCUT2D eigenvalue weighted by Crippen LogP contribution is 2.27. The van der Waals surface area contributed by atoms with E-state index in [1.807, 2.05) is 31.1 Å². The minimum Gasteiger partial charge on any atom is -0.317 e. The predicted molar refractivity (Wildman–Crippen MR) is 79.4 cm³/mol. The number of nitrogens with zero attached hydrogens (tertiary/aromatic N) is 1. The molecule has 0 heterocycles. The summed E-state index contributed by atoms with van der Waals surface area (Å²) in [5.74, 6) is 0.454. The van der Waals surface area contributed by atoms with E-state index in [0.29, 0.717) is 6.04 Å². The van der Waals surface area contributed by atoms with Crippen LogP contribution in [0.1, 0.15) is 31.2 Å². The van der Waals surface area contributed by atoms with Crippen molar-refractivity contribution < 1.29 is 4.79 Å². The third-order valence-electron chi connectivity index (χ3n) is 4.20. The van der Waals surface area contributed by atoms with Crippen molar-refractivity contribution in [3.63, 3.8) is 0 Å². The van der Waals surface area contributed by atoms with Crippen LogP contribution in [0, 0.1) is 12.8 Å². The van der Waals surface area contributed by atoms with Gasteiger partial charge in [0.25, 0.3) is 0 Å². The van der Waals surface area contributed by atoms with Crippen LogP contribution in [0.4, 0.5) is 5.69 Å². The molecule has 2 rings (SSSR count). The van der Waals surface area contributed by atoms with Gasteiger partial charge in [0.1, 0.15) is 0 Å². The minimum absolute atomic E-state index is 0.190. The third kappa shape index (κ3) is 3.35. The normalized spacial score (nSPS) is 23.1. The van der Waals surface area contributed by atoms with Crippen LogP contribution in [0.3, 0.4) is 0 Å². The Kier molecular flexibility index (Phi) is 4.59. The molecule has 0 atom stereocenters. The molecule has 0 bridgehead atoms. The molecule has 1 N–H and O–H groups in total. The van der Waals surface area contributed by atoms with Crippen LogP contribution in [-0.4, -0.2) is 26.0 Å². The number of carbonyl (C=O) groups is 1. The maximum absolute atomic E-state index is 12.5. The van der Waals surface area contributed by atoms with E-state index in [0.717, 1.165) is 31.4 Å². The zero-order valence-electron chi connectivity index (χ0n) is 12.1. The van der Waals surface area contributed by atoms with Crippen molar-refractivity contribution in [1.29, 1.82) is 0 Å². The van der Waals surface area contributed by atoms with Crippen LogP contribution in [-0.2, 0) is 4.79 Å². The lowest BCUT2D eigenvalue weighted by molar-refractivity contribution is -0.123. The first-order valence-corrected chi connectivity index (χ1v) is 7.13. The van der Waals surface area contributed by atoms with Gasteiger partial charge in [-0.25, -0.2) is 0 Å². The fraction of sp³-hybridized carbons (Fsp3) is 0.562. The number of nitrogens with one attached hydrogen (secondary N) is 1. The fourth-order valence-electron chi connectivity index (χ4n) is 2.87. The highest BCUT2D eigenvalue weighted by atomic mass is 16.2. The van der Waals surface area contributed by atoms with Gasteiger partial charge in [0.15, 0.2) is 0 Å². The summed E-state index contributed by atoms with van der Waals surface area (Å²) >= 11 is 0. The molecule has 0 spiro atoms. The van der Waals surface area contributed by atoms with Crippen molar-refractivity contribution in [2.24, 2.45) is 5.92 Å². The molecule has 1 saturated carbocycles. The van der Waals surface area contributed by atoms with Crippen molar-refractivity contribution >= 4 is 11.6 Å². The lowest BCUT2D eigenvalue weighted by Crippen LogP contribution is -2.38. The zero-order valence-corrected chi connectivity index (χ0v) is 12.1. The number of rotatable bonds is 3. The number of aryl methyl sites for hydroxylation is 1. The number of hydrogen-bond donors (Lipinski definition) is 1. The number of carbonyl (C=O) groups excluding carboxylic acids is 1. The van der Waals surface area contributed by atoms with Gasteiger partial charge in [-0.05, 0) is 57.4 Å². The summed E-state index contributed by atoms with van der Waals surface area (Å²) in [6.45, 7) is 2.06. The van der Waals surface area contributed by atoms with E-state index in [1.54, 1.807) is 0 Å². The van der Waals surface area contributed by atoms with E-state index >= 15 is 0 Å². The van der Waals surface area contributed by atoms with E-state index in [1.165, 1.54) is 5.56 Å². The molecule has 0 aliphatic heterocycles. The number of hydrogen-bond acceptors (Lipinski definition) is 2. The highest BCUT2D eigenvalue weighted by Gasteiger charge is 2.28. The first-order valence-electron chi connectivity index (χ1n) is 7.13. The molecule has 0 saturated heterocycles. The molecule has 104 valence electrons. The smallest absolute Gasteiger partial charge is 0.229 e. The summed E-state index contributed by atoms with van der Waals surface area (Å²) in [6.07, 6.45) is 4.21. The Morgan fingerprint density at radius 1 is 1.26 bits per heavy atom. The Labute approximate surface area is 116 Å². The summed E-state index contributed by atoms with van der Waals surface area (Å²) in [7, 11) is 3.90. The van der Waals surface area contributed by atoms with Gasteiger partial charge in [0, 0.05) is 24.7 Å². The van der Waals surface area contributed by atoms with Gasteiger partial charge in [-0.3, -0.25) is 4.79 Å². The molecular weight excluding hydrogens is 236 g/mol. The van der Waals surface area contributed by atoms with Crippen molar-refractivity contribution in [3.05, 3.63) is 29.8 Å². The largest absolute Gasteiger partial charge is 0.317 e. The van der Waals surface area contributed by atoms with Gasteiger partial charge in [-0.2, -0.15) is 0 Å². The van der Waals surface area contributed by atoms with E-state index < -0.39 is 0 Å². The second kappa shape index (κ2) is 6.20. The summed E-state index contributed by atoms with van der Waals surface area (Å²) in [5, 5.41) is 3.31. The predicted octanol–water partition coefficient (Wildman–Crippen LogP) is 2.74. The fourth-order valence-corrected chi connectivity index (χ4v) is 2.87. The highest BCUT2D eigenvalue weighted by molar-refractivity contribution is 5.94. The van der Waals surface area contributed by atoms with Gasteiger partial charge >= 0.3 is 0 Å². The van der Waals surface area contributed by atoms with Crippen molar-refractivity contribution in [2.75, 3.05) is 19.0 Å². The lowest BCUT2D eigenvalue weighted by Gasteiger charge is -2.30. The van der Waals surface area contributed by atoms with E-state index in [2.05, 4.69) is 24.4 Å². The first kappa shape index (κ1) is 14.1. The van der Waals surface area contributed by atoms with Crippen molar-refractivity contribution in [2.45, 2.75) is 38.6 Å². The van der Waals surface area contributed by atoms with Crippen LogP contribution in [0.25, 0.3) is 0 Å². The average Bonchev–Trinajstić information content (AvgIpc) is 2.46. The molecule has 3 heteroatoms. The number of benzene rings is 1. The molecule has 1 amide bonds. The van der Waals surface area contributed by atoms with Crippen LogP contribution >= 0.6 is 0 Å². The molecule has 1 fully saturated rings. The van der Waals surface area contributed by atoms with Gasteiger partial charge < -0.3 is 10.2 Å². The zero-order chi connectivity index (χ0) is 13.8. The summed E-state index contributed by atoms with van der Waals surface area (Å²) < 4.78 is 0. The SMILES string of the molecule is CNC1CCC(C(=O)N(C)c2cccc(C)c2)CC1. The van der Waals surface area contributed by atoms with E-state index in [-0.39, 0.29) is 11.8 Å². The van der Waals surface area contributed by atoms with Gasteiger partial charge in [0.05, 0.1) is 0 Å². The summed E-state index contributed by atoms with van der Waals surface area (Å²) in [6, 6.07) is 8.72. The minimum atomic E-state index is 0.190. The summed E-state index contributed by atoms with van der Waals surface area (Å²) in [5.41, 5.74) is 2.19. The molecule has 0 radical (unpaired) electrons. The Morgan fingerprint density at radius 2 is 1.95 bits per heavy atom. The molecule has 1 aromatic carbocycles. The number of amides is 1. The maximum atomic E-state index is 12.5. The molecule has 1 aromatic rings. The van der Waals surface area contributed by atoms with Gasteiger partial charge in [0.2, 0.25) is 5.91 Å². The van der Waals surface area contributed by atoms with Gasteiger partial charge in [-0.1, -0.05) is 12.1 Å². The van der Waals surface area contributed by atoms with Crippen LogP contribution < -0.4 is 10.2 Å². The Balaban J connectivity index is 2.00. The lowest BCUT2D eigenvalue weighted by atomic mass is 9.85.